The Bertz CT molecular complexity index is 274. The van der Waals surface area contributed by atoms with Gasteiger partial charge in [-0.1, -0.05) is 13.3 Å². The SMILES string of the molecule is CCCC(NCc1cscn1)C(=O)O. The van der Waals surface area contributed by atoms with Crippen molar-refractivity contribution in [2.75, 3.05) is 0 Å². The van der Waals surface area contributed by atoms with Crippen LogP contribution in [0.4, 0.5) is 0 Å². The van der Waals surface area contributed by atoms with Crippen molar-refractivity contribution in [2.45, 2.75) is 32.4 Å². The van der Waals surface area contributed by atoms with Crippen LogP contribution in [0.25, 0.3) is 0 Å². The van der Waals surface area contributed by atoms with Crippen molar-refractivity contribution in [3.63, 3.8) is 0 Å². The van der Waals surface area contributed by atoms with Gasteiger partial charge in [-0.2, -0.15) is 0 Å². The fourth-order valence-electron chi connectivity index (χ4n) is 1.15. The van der Waals surface area contributed by atoms with Crippen molar-refractivity contribution in [1.82, 2.24) is 10.3 Å². The summed E-state index contributed by atoms with van der Waals surface area (Å²) < 4.78 is 0. The molecule has 1 unspecified atom stereocenters. The Morgan fingerprint density at radius 1 is 1.79 bits per heavy atom. The lowest BCUT2D eigenvalue weighted by atomic mass is 10.1. The summed E-state index contributed by atoms with van der Waals surface area (Å²) >= 11 is 1.51. The Morgan fingerprint density at radius 2 is 2.57 bits per heavy atom. The van der Waals surface area contributed by atoms with E-state index in [1.807, 2.05) is 12.3 Å². The molecule has 1 atom stereocenters. The summed E-state index contributed by atoms with van der Waals surface area (Å²) in [7, 11) is 0. The molecule has 1 rings (SSSR count). The quantitative estimate of drug-likeness (QED) is 0.753. The van der Waals surface area contributed by atoms with Gasteiger partial charge in [0.25, 0.3) is 0 Å². The summed E-state index contributed by atoms with van der Waals surface area (Å²) in [5.74, 6) is -0.790. The molecule has 0 aliphatic rings. The predicted octanol–water partition coefficient (Wildman–Crippen LogP) is 1.49. The summed E-state index contributed by atoms with van der Waals surface area (Å²) in [5, 5.41) is 13.7. The van der Waals surface area contributed by atoms with E-state index in [9.17, 15) is 4.79 Å². The van der Waals surface area contributed by atoms with Crippen LogP contribution in [0.15, 0.2) is 10.9 Å². The van der Waals surface area contributed by atoms with Gasteiger partial charge in [0.2, 0.25) is 0 Å². The normalized spacial score (nSPS) is 12.6. The molecule has 0 bridgehead atoms. The number of carboxylic acid groups (broad SMARTS) is 1. The van der Waals surface area contributed by atoms with Crippen LogP contribution in [-0.2, 0) is 11.3 Å². The third-order valence-electron chi connectivity index (χ3n) is 1.89. The van der Waals surface area contributed by atoms with E-state index in [0.717, 1.165) is 12.1 Å². The molecular weight excluding hydrogens is 200 g/mol. The highest BCUT2D eigenvalue weighted by atomic mass is 32.1. The van der Waals surface area contributed by atoms with Gasteiger partial charge in [-0.3, -0.25) is 10.1 Å². The zero-order chi connectivity index (χ0) is 10.4. The maximum atomic E-state index is 10.8. The number of aromatic nitrogens is 1. The molecule has 0 spiro atoms. The maximum absolute atomic E-state index is 10.8. The van der Waals surface area contributed by atoms with E-state index in [0.29, 0.717) is 13.0 Å². The predicted molar refractivity (Wildman–Crippen MR) is 55.3 cm³/mol. The van der Waals surface area contributed by atoms with Crippen LogP contribution < -0.4 is 5.32 Å². The number of hydrogen-bond acceptors (Lipinski definition) is 4. The molecule has 1 aromatic heterocycles. The summed E-state index contributed by atoms with van der Waals surface area (Å²) in [6.45, 7) is 2.50. The Balaban J connectivity index is 2.37. The molecule has 0 aromatic carbocycles. The number of carboxylic acids is 1. The molecule has 14 heavy (non-hydrogen) atoms. The van der Waals surface area contributed by atoms with Crippen molar-refractivity contribution < 1.29 is 9.90 Å². The fraction of sp³-hybridized carbons (Fsp3) is 0.556. The molecule has 0 saturated heterocycles. The molecule has 0 amide bonds. The lowest BCUT2D eigenvalue weighted by molar-refractivity contribution is -0.139. The van der Waals surface area contributed by atoms with Crippen LogP contribution in [0, 0.1) is 0 Å². The molecular formula is C9H14N2O2S. The first-order valence-corrected chi connectivity index (χ1v) is 5.51. The first-order valence-electron chi connectivity index (χ1n) is 4.57. The summed E-state index contributed by atoms with van der Waals surface area (Å²) in [5.41, 5.74) is 2.64. The Hall–Kier alpha value is -0.940. The molecule has 4 nitrogen and oxygen atoms in total. The van der Waals surface area contributed by atoms with Gasteiger partial charge in [-0.15, -0.1) is 11.3 Å². The van der Waals surface area contributed by atoms with Gasteiger partial charge in [0.05, 0.1) is 11.2 Å². The zero-order valence-electron chi connectivity index (χ0n) is 8.06. The Morgan fingerprint density at radius 3 is 3.07 bits per heavy atom. The average molecular weight is 214 g/mol. The number of aliphatic carboxylic acids is 1. The first kappa shape index (κ1) is 11.1. The van der Waals surface area contributed by atoms with E-state index in [1.54, 1.807) is 5.51 Å². The second-order valence-electron chi connectivity index (χ2n) is 3.04. The van der Waals surface area contributed by atoms with Gasteiger partial charge in [-0.05, 0) is 6.42 Å². The molecule has 0 aliphatic heterocycles. The van der Waals surface area contributed by atoms with Crippen LogP contribution in [-0.4, -0.2) is 22.1 Å². The minimum absolute atomic E-state index is 0.457. The lowest BCUT2D eigenvalue weighted by Gasteiger charge is -2.11. The Kier molecular flexibility index (Phi) is 4.55. The van der Waals surface area contributed by atoms with Crippen molar-refractivity contribution in [1.29, 1.82) is 0 Å². The van der Waals surface area contributed by atoms with Gasteiger partial charge in [0.15, 0.2) is 0 Å². The number of rotatable bonds is 6. The highest BCUT2D eigenvalue weighted by Crippen LogP contribution is 2.02. The number of thiazole rings is 1. The smallest absolute Gasteiger partial charge is 0.320 e. The molecule has 0 radical (unpaired) electrons. The van der Waals surface area contributed by atoms with E-state index in [1.165, 1.54) is 11.3 Å². The number of nitrogens with zero attached hydrogens (tertiary/aromatic N) is 1. The number of nitrogens with one attached hydrogen (secondary N) is 1. The second-order valence-corrected chi connectivity index (χ2v) is 3.76. The van der Waals surface area contributed by atoms with Crippen molar-refractivity contribution in [2.24, 2.45) is 0 Å². The fourth-order valence-corrected chi connectivity index (χ4v) is 1.71. The average Bonchev–Trinajstić information content (AvgIpc) is 2.64. The molecule has 1 aromatic rings. The first-order chi connectivity index (χ1) is 6.74. The van der Waals surface area contributed by atoms with Crippen molar-refractivity contribution in [3.05, 3.63) is 16.6 Å². The van der Waals surface area contributed by atoms with E-state index in [2.05, 4.69) is 10.3 Å². The second kappa shape index (κ2) is 5.72. The third-order valence-corrected chi connectivity index (χ3v) is 2.52. The van der Waals surface area contributed by atoms with E-state index in [4.69, 9.17) is 5.11 Å². The van der Waals surface area contributed by atoms with Crippen LogP contribution >= 0.6 is 11.3 Å². The topological polar surface area (TPSA) is 62.2 Å². The standard InChI is InChI=1S/C9H14N2O2S/c1-2-3-8(9(12)13)10-4-7-5-14-6-11-7/h5-6,8,10H,2-4H2,1H3,(H,12,13). The summed E-state index contributed by atoms with van der Waals surface area (Å²) in [4.78, 5) is 14.8. The van der Waals surface area contributed by atoms with Crippen molar-refractivity contribution >= 4 is 17.3 Å². The maximum Gasteiger partial charge on any atom is 0.320 e. The van der Waals surface area contributed by atoms with E-state index in [-0.39, 0.29) is 0 Å². The number of hydrogen-bond donors (Lipinski definition) is 2. The lowest BCUT2D eigenvalue weighted by Crippen LogP contribution is -2.36. The van der Waals surface area contributed by atoms with Crippen LogP contribution in [0.5, 0.6) is 0 Å². The number of carbonyl (C=O) groups is 1. The van der Waals surface area contributed by atoms with Crippen LogP contribution in [0.2, 0.25) is 0 Å². The molecule has 0 aliphatic carbocycles. The highest BCUT2D eigenvalue weighted by molar-refractivity contribution is 7.07. The summed E-state index contributed by atoms with van der Waals surface area (Å²) in [6.07, 6.45) is 1.51. The molecule has 5 heteroatoms. The molecule has 1 heterocycles. The van der Waals surface area contributed by atoms with Gasteiger partial charge in [-0.25, -0.2) is 4.98 Å². The largest absolute Gasteiger partial charge is 0.480 e. The highest BCUT2D eigenvalue weighted by Gasteiger charge is 2.15. The summed E-state index contributed by atoms with van der Waals surface area (Å²) in [6, 6.07) is -0.457. The zero-order valence-corrected chi connectivity index (χ0v) is 8.88. The minimum Gasteiger partial charge on any atom is -0.480 e. The van der Waals surface area contributed by atoms with Gasteiger partial charge in [0.1, 0.15) is 6.04 Å². The third kappa shape index (κ3) is 3.43. The van der Waals surface area contributed by atoms with E-state index >= 15 is 0 Å². The molecule has 0 saturated carbocycles. The van der Waals surface area contributed by atoms with Crippen LogP contribution in [0.3, 0.4) is 0 Å². The van der Waals surface area contributed by atoms with Crippen LogP contribution in [0.1, 0.15) is 25.5 Å². The monoisotopic (exact) mass is 214 g/mol. The van der Waals surface area contributed by atoms with E-state index < -0.39 is 12.0 Å². The van der Waals surface area contributed by atoms with Gasteiger partial charge < -0.3 is 5.11 Å². The van der Waals surface area contributed by atoms with Gasteiger partial charge in [0, 0.05) is 11.9 Å². The van der Waals surface area contributed by atoms with Crippen molar-refractivity contribution in [3.8, 4) is 0 Å². The molecule has 78 valence electrons. The minimum atomic E-state index is -0.790. The molecule has 0 fully saturated rings. The molecule has 2 N–H and O–H groups in total. The van der Waals surface area contributed by atoms with Gasteiger partial charge >= 0.3 is 5.97 Å². The Labute approximate surface area is 87.0 Å².